The first-order chi connectivity index (χ1) is 4.68. The van der Waals surface area contributed by atoms with Crippen LogP contribution in [0.2, 0.25) is 0 Å². The summed E-state index contributed by atoms with van der Waals surface area (Å²) in [7, 11) is 1.68. The van der Waals surface area contributed by atoms with Gasteiger partial charge in [0.05, 0.1) is 0 Å². The SMILES string of the molecule is CCCCSC(=N)N(C)N. The van der Waals surface area contributed by atoms with E-state index in [1.54, 1.807) is 7.05 Å². The molecule has 0 aliphatic rings. The maximum atomic E-state index is 7.29. The molecule has 0 aliphatic heterocycles. The van der Waals surface area contributed by atoms with Crippen molar-refractivity contribution in [2.24, 2.45) is 5.84 Å². The molecular formula is C6H15N3S. The van der Waals surface area contributed by atoms with Crippen LogP contribution in [0.4, 0.5) is 0 Å². The van der Waals surface area contributed by atoms with E-state index in [-0.39, 0.29) is 0 Å². The second kappa shape index (κ2) is 5.56. The summed E-state index contributed by atoms with van der Waals surface area (Å²) in [5.74, 6) is 6.30. The van der Waals surface area contributed by atoms with Gasteiger partial charge in [0.15, 0.2) is 5.17 Å². The second-order valence-corrected chi connectivity index (χ2v) is 3.20. The fraction of sp³-hybridized carbons (Fsp3) is 0.833. The smallest absolute Gasteiger partial charge is 0.170 e. The average molecular weight is 161 g/mol. The molecule has 0 rings (SSSR count). The van der Waals surface area contributed by atoms with Gasteiger partial charge < -0.3 is 0 Å². The van der Waals surface area contributed by atoms with E-state index in [2.05, 4.69) is 6.92 Å². The molecule has 3 N–H and O–H groups in total. The van der Waals surface area contributed by atoms with Gasteiger partial charge in [-0.2, -0.15) is 0 Å². The van der Waals surface area contributed by atoms with Gasteiger partial charge in [0.1, 0.15) is 0 Å². The molecule has 0 aromatic heterocycles. The fourth-order valence-corrected chi connectivity index (χ4v) is 1.24. The van der Waals surface area contributed by atoms with Crippen molar-refractivity contribution in [1.29, 1.82) is 5.41 Å². The predicted molar refractivity (Wildman–Crippen MR) is 47.0 cm³/mol. The number of hydrazine groups is 1. The second-order valence-electron chi connectivity index (χ2n) is 2.12. The van der Waals surface area contributed by atoms with Crippen molar-refractivity contribution < 1.29 is 0 Å². The number of nitrogens with one attached hydrogen (secondary N) is 1. The summed E-state index contributed by atoms with van der Waals surface area (Å²) in [5.41, 5.74) is 0. The van der Waals surface area contributed by atoms with Crippen molar-refractivity contribution in [3.63, 3.8) is 0 Å². The highest BCUT2D eigenvalue weighted by Gasteiger charge is 1.97. The zero-order valence-corrected chi connectivity index (χ0v) is 7.37. The summed E-state index contributed by atoms with van der Waals surface area (Å²) in [6.07, 6.45) is 2.33. The number of rotatable bonds is 3. The van der Waals surface area contributed by atoms with Gasteiger partial charge in [-0.15, -0.1) is 0 Å². The van der Waals surface area contributed by atoms with Crippen molar-refractivity contribution in [1.82, 2.24) is 5.01 Å². The number of nitrogens with two attached hydrogens (primary N) is 1. The minimum Gasteiger partial charge on any atom is -0.293 e. The van der Waals surface area contributed by atoms with Gasteiger partial charge in [-0.25, -0.2) is 5.84 Å². The van der Waals surface area contributed by atoms with Gasteiger partial charge in [0.2, 0.25) is 0 Å². The lowest BCUT2D eigenvalue weighted by molar-refractivity contribution is 0.547. The standard InChI is InChI=1S/C6H15N3S/c1-3-4-5-10-6(7)9(2)8/h7H,3-5,8H2,1-2H3. The van der Waals surface area contributed by atoms with E-state index < -0.39 is 0 Å². The first-order valence-electron chi connectivity index (χ1n) is 3.38. The molecule has 4 heteroatoms. The van der Waals surface area contributed by atoms with Gasteiger partial charge in [-0.05, 0) is 6.42 Å². The third-order valence-electron chi connectivity index (χ3n) is 1.06. The molecule has 0 bridgehead atoms. The Hall–Kier alpha value is -0.220. The lowest BCUT2D eigenvalue weighted by Crippen LogP contribution is -2.30. The third kappa shape index (κ3) is 4.64. The molecule has 0 atom stereocenters. The number of amidine groups is 1. The Morgan fingerprint density at radius 2 is 2.30 bits per heavy atom. The molecule has 0 unspecified atom stereocenters. The highest BCUT2D eigenvalue weighted by Crippen LogP contribution is 2.05. The van der Waals surface area contributed by atoms with E-state index in [0.717, 1.165) is 12.2 Å². The van der Waals surface area contributed by atoms with Crippen molar-refractivity contribution >= 4 is 16.9 Å². The van der Waals surface area contributed by atoms with Crippen LogP contribution in [0.25, 0.3) is 0 Å². The average Bonchev–Trinajstić information content (AvgIpc) is 1.88. The first kappa shape index (κ1) is 9.78. The summed E-state index contributed by atoms with van der Waals surface area (Å²) >= 11 is 1.49. The predicted octanol–water partition coefficient (Wildman–Crippen LogP) is 1.26. The first-order valence-corrected chi connectivity index (χ1v) is 4.36. The molecule has 0 saturated carbocycles. The maximum Gasteiger partial charge on any atom is 0.170 e. The van der Waals surface area contributed by atoms with Crippen LogP contribution in [0.1, 0.15) is 19.8 Å². The molecule has 0 aliphatic carbocycles. The molecule has 10 heavy (non-hydrogen) atoms. The normalized spacial score (nSPS) is 9.50. The zero-order chi connectivity index (χ0) is 7.98. The summed E-state index contributed by atoms with van der Waals surface area (Å²) in [5, 5.41) is 9.06. The maximum absolute atomic E-state index is 7.29. The van der Waals surface area contributed by atoms with Crippen molar-refractivity contribution in [2.75, 3.05) is 12.8 Å². The number of hydrogen-bond acceptors (Lipinski definition) is 3. The molecule has 3 nitrogen and oxygen atoms in total. The molecule has 0 aromatic rings. The summed E-state index contributed by atoms with van der Waals surface area (Å²) in [6.45, 7) is 2.14. The van der Waals surface area contributed by atoms with Crippen LogP contribution in [-0.4, -0.2) is 23.0 Å². The molecule has 0 radical (unpaired) electrons. The molecule has 0 saturated heterocycles. The molecular weight excluding hydrogens is 146 g/mol. The van der Waals surface area contributed by atoms with Gasteiger partial charge in [-0.3, -0.25) is 10.4 Å². The topological polar surface area (TPSA) is 53.1 Å². The van der Waals surface area contributed by atoms with E-state index >= 15 is 0 Å². The molecule has 0 spiro atoms. The largest absolute Gasteiger partial charge is 0.293 e. The van der Waals surface area contributed by atoms with E-state index in [9.17, 15) is 0 Å². The molecule has 0 aromatic carbocycles. The van der Waals surface area contributed by atoms with Crippen LogP contribution in [-0.2, 0) is 0 Å². The van der Waals surface area contributed by atoms with Crippen molar-refractivity contribution in [3.05, 3.63) is 0 Å². The molecule has 0 fully saturated rings. The van der Waals surface area contributed by atoms with Crippen molar-refractivity contribution in [3.8, 4) is 0 Å². The highest BCUT2D eigenvalue weighted by molar-refractivity contribution is 8.13. The van der Waals surface area contributed by atoms with E-state index in [4.69, 9.17) is 11.3 Å². The van der Waals surface area contributed by atoms with Gasteiger partial charge in [0.25, 0.3) is 0 Å². The minimum atomic E-state index is 0.438. The Balaban J connectivity index is 3.22. The Kier molecular flexibility index (Phi) is 5.43. The van der Waals surface area contributed by atoms with Crippen LogP contribution in [0, 0.1) is 5.41 Å². The Bertz CT molecular complexity index is 103. The fourth-order valence-electron chi connectivity index (χ4n) is 0.415. The number of nitrogens with zero attached hydrogens (tertiary/aromatic N) is 1. The highest BCUT2D eigenvalue weighted by atomic mass is 32.2. The lowest BCUT2D eigenvalue weighted by Gasteiger charge is -2.11. The van der Waals surface area contributed by atoms with Crippen LogP contribution < -0.4 is 5.84 Å². The van der Waals surface area contributed by atoms with E-state index in [1.807, 2.05) is 0 Å². The Labute approximate surface area is 66.4 Å². The van der Waals surface area contributed by atoms with Crippen molar-refractivity contribution in [2.45, 2.75) is 19.8 Å². The van der Waals surface area contributed by atoms with E-state index in [1.165, 1.54) is 23.2 Å². The molecule has 60 valence electrons. The minimum absolute atomic E-state index is 0.438. The third-order valence-corrected chi connectivity index (χ3v) is 2.11. The lowest BCUT2D eigenvalue weighted by atomic mass is 10.4. The molecule has 0 amide bonds. The Morgan fingerprint density at radius 3 is 2.70 bits per heavy atom. The zero-order valence-electron chi connectivity index (χ0n) is 6.55. The van der Waals surface area contributed by atoms with Crippen LogP contribution in [0.15, 0.2) is 0 Å². The van der Waals surface area contributed by atoms with Crippen LogP contribution in [0.3, 0.4) is 0 Å². The van der Waals surface area contributed by atoms with Gasteiger partial charge >= 0.3 is 0 Å². The van der Waals surface area contributed by atoms with Gasteiger partial charge in [-0.1, -0.05) is 25.1 Å². The summed E-state index contributed by atoms with van der Waals surface area (Å²) in [4.78, 5) is 0. The number of unbranched alkanes of at least 4 members (excludes halogenated alkanes) is 1. The summed E-state index contributed by atoms with van der Waals surface area (Å²) in [6, 6.07) is 0. The van der Waals surface area contributed by atoms with Crippen LogP contribution >= 0.6 is 11.8 Å². The number of thioether (sulfide) groups is 1. The monoisotopic (exact) mass is 161 g/mol. The summed E-state index contributed by atoms with van der Waals surface area (Å²) < 4.78 is 0. The van der Waals surface area contributed by atoms with Crippen LogP contribution in [0.5, 0.6) is 0 Å². The van der Waals surface area contributed by atoms with Gasteiger partial charge in [0, 0.05) is 12.8 Å². The Morgan fingerprint density at radius 1 is 1.70 bits per heavy atom. The molecule has 0 heterocycles. The quantitative estimate of drug-likeness (QED) is 0.215. The number of hydrogen-bond donors (Lipinski definition) is 2. The van der Waals surface area contributed by atoms with E-state index in [0.29, 0.717) is 5.17 Å².